The molecule has 0 fully saturated rings. The van der Waals surface area contributed by atoms with Crippen LogP contribution in [0.15, 0.2) is 33.9 Å². The van der Waals surface area contributed by atoms with Crippen molar-refractivity contribution in [3.63, 3.8) is 0 Å². The molecule has 2 rings (SSSR count). The maximum absolute atomic E-state index is 12.0. The summed E-state index contributed by atoms with van der Waals surface area (Å²) >= 11 is 5.76. The molecule has 100 valence electrons. The van der Waals surface area contributed by atoms with Gasteiger partial charge in [0.15, 0.2) is 0 Å². The van der Waals surface area contributed by atoms with E-state index in [9.17, 15) is 9.59 Å². The molecule has 0 aliphatic carbocycles. The van der Waals surface area contributed by atoms with Crippen LogP contribution in [0.2, 0.25) is 5.15 Å². The quantitative estimate of drug-likeness (QED) is 0.874. The minimum atomic E-state index is -0.464. The van der Waals surface area contributed by atoms with Crippen LogP contribution >= 0.6 is 11.6 Å². The second kappa shape index (κ2) is 5.45. The molecule has 4 nitrogen and oxygen atoms in total. The summed E-state index contributed by atoms with van der Waals surface area (Å²) in [6.07, 6.45) is 0.636. The zero-order chi connectivity index (χ0) is 14.0. The van der Waals surface area contributed by atoms with Gasteiger partial charge in [-0.3, -0.25) is 14.3 Å². The van der Waals surface area contributed by atoms with Crippen molar-refractivity contribution in [1.29, 1.82) is 0 Å². The van der Waals surface area contributed by atoms with E-state index in [1.807, 2.05) is 31.2 Å². The van der Waals surface area contributed by atoms with E-state index < -0.39 is 5.69 Å². The molecule has 0 saturated carbocycles. The van der Waals surface area contributed by atoms with E-state index in [1.165, 1.54) is 4.57 Å². The number of aromatic nitrogens is 2. The molecule has 0 atom stereocenters. The van der Waals surface area contributed by atoms with Crippen LogP contribution in [0, 0.1) is 13.8 Å². The molecule has 0 radical (unpaired) electrons. The monoisotopic (exact) mass is 278 g/mol. The number of halogens is 1. The molecule has 0 saturated heterocycles. The van der Waals surface area contributed by atoms with E-state index in [0.717, 1.165) is 11.1 Å². The first-order chi connectivity index (χ1) is 9.00. The second-order valence-corrected chi connectivity index (χ2v) is 4.88. The minimum absolute atomic E-state index is 0.113. The smallest absolute Gasteiger partial charge is 0.297 e. The molecule has 0 aliphatic rings. The fourth-order valence-corrected chi connectivity index (χ4v) is 2.13. The Balaban J connectivity index is 2.31. The first-order valence-electron chi connectivity index (χ1n) is 6.04. The standard InChI is InChI=1S/C14H15ClN2O2/c1-9-5-3-4-6-11(9)7-8-17-13(18)10(2)12(15)16-14(17)19/h3-6H,7-8H2,1-2H3,(H,16,19). The van der Waals surface area contributed by atoms with E-state index in [0.29, 0.717) is 18.5 Å². The molecule has 1 aromatic carbocycles. The average Bonchev–Trinajstić information content (AvgIpc) is 2.38. The summed E-state index contributed by atoms with van der Waals surface area (Å²) < 4.78 is 1.19. The number of benzene rings is 1. The molecular formula is C14H15ClN2O2. The number of hydrogen-bond acceptors (Lipinski definition) is 2. The zero-order valence-electron chi connectivity index (χ0n) is 10.9. The fraction of sp³-hybridized carbons (Fsp3) is 0.286. The van der Waals surface area contributed by atoms with Crippen LogP contribution in [0.3, 0.4) is 0 Å². The number of aryl methyl sites for hydroxylation is 2. The van der Waals surface area contributed by atoms with Crippen molar-refractivity contribution in [3.05, 3.63) is 66.9 Å². The van der Waals surface area contributed by atoms with Gasteiger partial charge in [0, 0.05) is 12.1 Å². The Morgan fingerprint density at radius 1 is 1.21 bits per heavy atom. The van der Waals surface area contributed by atoms with Crippen molar-refractivity contribution < 1.29 is 0 Å². The van der Waals surface area contributed by atoms with Gasteiger partial charge in [-0.2, -0.15) is 0 Å². The maximum Gasteiger partial charge on any atom is 0.329 e. The highest BCUT2D eigenvalue weighted by Gasteiger charge is 2.09. The highest BCUT2D eigenvalue weighted by atomic mass is 35.5. The van der Waals surface area contributed by atoms with Crippen LogP contribution in [-0.4, -0.2) is 9.55 Å². The van der Waals surface area contributed by atoms with Gasteiger partial charge in [-0.15, -0.1) is 0 Å². The van der Waals surface area contributed by atoms with Gasteiger partial charge >= 0.3 is 5.69 Å². The molecule has 5 heteroatoms. The van der Waals surface area contributed by atoms with Crippen molar-refractivity contribution in [1.82, 2.24) is 9.55 Å². The third kappa shape index (κ3) is 2.79. The normalized spacial score (nSPS) is 10.7. The Kier molecular flexibility index (Phi) is 3.90. The van der Waals surface area contributed by atoms with Gasteiger partial charge < -0.3 is 0 Å². The topological polar surface area (TPSA) is 54.9 Å². The number of hydrogen-bond donors (Lipinski definition) is 1. The predicted molar refractivity (Wildman–Crippen MR) is 76.0 cm³/mol. The summed E-state index contributed by atoms with van der Waals surface area (Å²) in [5.41, 5.74) is 1.85. The summed E-state index contributed by atoms with van der Waals surface area (Å²) in [7, 11) is 0. The van der Waals surface area contributed by atoms with Crippen LogP contribution in [0.4, 0.5) is 0 Å². The summed E-state index contributed by atoms with van der Waals surface area (Å²) in [4.78, 5) is 26.2. The van der Waals surface area contributed by atoms with Gasteiger partial charge in [-0.1, -0.05) is 35.9 Å². The molecule has 1 N–H and O–H groups in total. The van der Waals surface area contributed by atoms with Crippen LogP contribution < -0.4 is 11.2 Å². The highest BCUT2D eigenvalue weighted by molar-refractivity contribution is 6.30. The van der Waals surface area contributed by atoms with Crippen LogP contribution in [0.1, 0.15) is 16.7 Å². The van der Waals surface area contributed by atoms with Crippen LogP contribution in [-0.2, 0) is 13.0 Å². The van der Waals surface area contributed by atoms with E-state index in [-0.39, 0.29) is 10.7 Å². The van der Waals surface area contributed by atoms with Gasteiger partial charge in [0.05, 0.1) is 0 Å². The van der Waals surface area contributed by atoms with E-state index in [4.69, 9.17) is 11.6 Å². The van der Waals surface area contributed by atoms with E-state index >= 15 is 0 Å². The molecular weight excluding hydrogens is 264 g/mol. The summed E-state index contributed by atoms with van der Waals surface area (Å²) in [5, 5.41) is 0.113. The summed E-state index contributed by atoms with van der Waals surface area (Å²) in [5.74, 6) is 0. The Hall–Kier alpha value is -1.81. The Bertz CT molecular complexity index is 716. The molecule has 1 aromatic heterocycles. The molecule has 0 amide bonds. The van der Waals surface area contributed by atoms with Gasteiger partial charge in [0.1, 0.15) is 5.15 Å². The lowest BCUT2D eigenvalue weighted by atomic mass is 10.1. The molecule has 0 bridgehead atoms. The van der Waals surface area contributed by atoms with Crippen molar-refractivity contribution >= 4 is 11.6 Å². The molecule has 0 unspecified atom stereocenters. The van der Waals surface area contributed by atoms with Crippen LogP contribution in [0.25, 0.3) is 0 Å². The maximum atomic E-state index is 12.0. The van der Waals surface area contributed by atoms with Crippen molar-refractivity contribution in [2.45, 2.75) is 26.8 Å². The first-order valence-corrected chi connectivity index (χ1v) is 6.42. The Labute approximate surface area is 115 Å². The lowest BCUT2D eigenvalue weighted by molar-refractivity contribution is 0.622. The van der Waals surface area contributed by atoms with Crippen molar-refractivity contribution in [3.8, 4) is 0 Å². The predicted octanol–water partition coefficient (Wildman–Crippen LogP) is 2.05. The van der Waals surface area contributed by atoms with Gasteiger partial charge in [0.25, 0.3) is 5.56 Å². The van der Waals surface area contributed by atoms with Gasteiger partial charge in [0.2, 0.25) is 0 Å². The lowest BCUT2D eigenvalue weighted by Gasteiger charge is -2.08. The second-order valence-electron chi connectivity index (χ2n) is 4.50. The summed E-state index contributed by atoms with van der Waals surface area (Å²) in [6, 6.07) is 7.92. The SMILES string of the molecule is Cc1ccccc1CCn1c(=O)[nH]c(Cl)c(C)c1=O. The highest BCUT2D eigenvalue weighted by Crippen LogP contribution is 2.08. The molecule has 0 aliphatic heterocycles. The van der Waals surface area contributed by atoms with E-state index in [2.05, 4.69) is 4.98 Å². The zero-order valence-corrected chi connectivity index (χ0v) is 11.6. The molecule has 0 spiro atoms. The van der Waals surface area contributed by atoms with Crippen LogP contribution in [0.5, 0.6) is 0 Å². The first kappa shape index (κ1) is 13.6. The number of rotatable bonds is 3. The van der Waals surface area contributed by atoms with Crippen molar-refractivity contribution in [2.75, 3.05) is 0 Å². The Morgan fingerprint density at radius 3 is 2.58 bits per heavy atom. The largest absolute Gasteiger partial charge is 0.329 e. The number of nitrogens with zero attached hydrogens (tertiary/aromatic N) is 1. The third-order valence-corrected chi connectivity index (χ3v) is 3.60. The fourth-order valence-electron chi connectivity index (χ4n) is 1.97. The lowest BCUT2D eigenvalue weighted by Crippen LogP contribution is -2.37. The minimum Gasteiger partial charge on any atom is -0.297 e. The molecule has 2 aromatic rings. The van der Waals surface area contributed by atoms with E-state index in [1.54, 1.807) is 6.92 Å². The number of nitrogens with one attached hydrogen (secondary N) is 1. The number of H-pyrrole nitrogens is 1. The average molecular weight is 279 g/mol. The van der Waals surface area contributed by atoms with Gasteiger partial charge in [-0.05, 0) is 31.4 Å². The number of aromatic amines is 1. The Morgan fingerprint density at radius 2 is 1.89 bits per heavy atom. The van der Waals surface area contributed by atoms with Crippen molar-refractivity contribution in [2.24, 2.45) is 0 Å². The van der Waals surface area contributed by atoms with Gasteiger partial charge in [-0.25, -0.2) is 4.79 Å². The third-order valence-electron chi connectivity index (χ3n) is 3.22. The summed E-state index contributed by atoms with van der Waals surface area (Å²) in [6.45, 7) is 3.96. The molecule has 1 heterocycles. The molecule has 19 heavy (non-hydrogen) atoms.